The van der Waals surface area contributed by atoms with Crippen LogP contribution in [0.1, 0.15) is 52.9 Å². The van der Waals surface area contributed by atoms with Gasteiger partial charge in [0, 0.05) is 58.4 Å². The second kappa shape index (κ2) is 15.4. The SMILES string of the molecule is CCC(=O)NCCCC[C@H](NC(=O)CNC(=O)[C@H](CC(C)C)NI)C(=O)I. The smallest absolute Gasteiger partial charge is 0.240 e. The highest BCUT2D eigenvalue weighted by atomic mass is 127. The zero-order valence-electron chi connectivity index (χ0n) is 16.1. The highest BCUT2D eigenvalue weighted by molar-refractivity contribution is 14.1. The van der Waals surface area contributed by atoms with Crippen LogP contribution in [0.3, 0.4) is 0 Å². The summed E-state index contributed by atoms with van der Waals surface area (Å²) in [5.74, 6) is -0.288. The summed E-state index contributed by atoms with van der Waals surface area (Å²) in [6.45, 7) is 6.21. The van der Waals surface area contributed by atoms with Gasteiger partial charge < -0.3 is 16.0 Å². The molecule has 0 fully saturated rings. The molecule has 0 aliphatic heterocycles. The number of carbonyl (C=O) groups excluding carboxylic acids is 4. The molecule has 10 heteroatoms. The Morgan fingerprint density at radius 2 is 1.63 bits per heavy atom. The Balaban J connectivity index is 4.26. The number of rotatable bonds is 14. The lowest BCUT2D eigenvalue weighted by Gasteiger charge is -2.18. The van der Waals surface area contributed by atoms with Gasteiger partial charge in [-0.1, -0.05) is 20.8 Å². The van der Waals surface area contributed by atoms with Crippen molar-refractivity contribution in [3.63, 3.8) is 0 Å². The molecule has 156 valence electrons. The number of halogens is 2. The van der Waals surface area contributed by atoms with E-state index in [-0.39, 0.29) is 28.2 Å². The van der Waals surface area contributed by atoms with E-state index in [9.17, 15) is 19.2 Å². The molecule has 0 saturated heterocycles. The lowest BCUT2D eigenvalue weighted by atomic mass is 10.0. The lowest BCUT2D eigenvalue weighted by molar-refractivity contribution is -0.128. The van der Waals surface area contributed by atoms with Crippen LogP contribution < -0.4 is 19.5 Å². The summed E-state index contributed by atoms with van der Waals surface area (Å²) >= 11 is 3.59. The van der Waals surface area contributed by atoms with Gasteiger partial charge in [-0.15, -0.1) is 0 Å². The molecule has 0 saturated carbocycles. The van der Waals surface area contributed by atoms with Crippen LogP contribution in [0.2, 0.25) is 0 Å². The standard InChI is InChI=1S/C17H30I2N4O4/c1-4-14(24)20-8-6-5-7-12(16(18)26)22-15(25)10-21-17(27)13(23-19)9-11(2)3/h11-13,23H,4-10H2,1-3H3,(H,20,24)(H,21,27)(H,22,25)/t12-,13-/m0/s1. The third-order valence-corrected chi connectivity index (χ3v) is 5.25. The largest absolute Gasteiger partial charge is 0.356 e. The lowest BCUT2D eigenvalue weighted by Crippen LogP contribution is -2.48. The van der Waals surface area contributed by atoms with Gasteiger partial charge in [-0.25, -0.2) is 3.53 Å². The molecule has 0 rings (SSSR count). The van der Waals surface area contributed by atoms with Gasteiger partial charge in [0.05, 0.1) is 18.6 Å². The minimum Gasteiger partial charge on any atom is -0.356 e. The molecule has 0 spiro atoms. The predicted octanol–water partition coefficient (Wildman–Crippen LogP) is 1.60. The number of nitrogens with one attached hydrogen (secondary N) is 4. The quantitative estimate of drug-likeness (QED) is 0.104. The fraction of sp³-hybridized carbons (Fsp3) is 0.765. The van der Waals surface area contributed by atoms with Crippen molar-refractivity contribution < 1.29 is 19.2 Å². The third kappa shape index (κ3) is 13.3. The average Bonchev–Trinajstić information content (AvgIpc) is 2.62. The van der Waals surface area contributed by atoms with Crippen molar-refractivity contribution in [2.24, 2.45) is 5.92 Å². The number of unbranched alkanes of at least 4 members (excludes halogenated alkanes) is 1. The Labute approximate surface area is 188 Å². The zero-order chi connectivity index (χ0) is 20.8. The van der Waals surface area contributed by atoms with Gasteiger partial charge in [-0.2, -0.15) is 0 Å². The molecule has 0 heterocycles. The van der Waals surface area contributed by atoms with Crippen molar-refractivity contribution in [1.82, 2.24) is 19.5 Å². The van der Waals surface area contributed by atoms with Gasteiger partial charge >= 0.3 is 0 Å². The highest BCUT2D eigenvalue weighted by Gasteiger charge is 2.21. The molecule has 0 unspecified atom stereocenters. The molecule has 2 atom stereocenters. The highest BCUT2D eigenvalue weighted by Crippen LogP contribution is 2.07. The number of hydrogen-bond acceptors (Lipinski definition) is 5. The van der Waals surface area contributed by atoms with E-state index < -0.39 is 11.9 Å². The first-order valence-electron chi connectivity index (χ1n) is 9.10. The maximum Gasteiger partial charge on any atom is 0.240 e. The van der Waals surface area contributed by atoms with Crippen molar-refractivity contribution in [3.8, 4) is 0 Å². The predicted molar refractivity (Wildman–Crippen MR) is 122 cm³/mol. The van der Waals surface area contributed by atoms with Crippen molar-refractivity contribution in [2.75, 3.05) is 13.1 Å². The maximum atomic E-state index is 12.1. The van der Waals surface area contributed by atoms with Gasteiger partial charge in [0.1, 0.15) is 0 Å². The molecule has 0 aromatic rings. The molecular weight excluding hydrogens is 578 g/mol. The molecule has 27 heavy (non-hydrogen) atoms. The van der Waals surface area contributed by atoms with Gasteiger partial charge in [-0.05, 0) is 31.6 Å². The summed E-state index contributed by atoms with van der Waals surface area (Å²) in [6, 6.07) is -0.954. The molecule has 0 bridgehead atoms. The van der Waals surface area contributed by atoms with Crippen LogP contribution >= 0.6 is 45.5 Å². The summed E-state index contributed by atoms with van der Waals surface area (Å²) in [7, 11) is 0. The zero-order valence-corrected chi connectivity index (χ0v) is 20.4. The van der Waals surface area contributed by atoms with Gasteiger partial charge in [0.15, 0.2) is 0 Å². The maximum absolute atomic E-state index is 12.1. The molecule has 4 N–H and O–H groups in total. The second-order valence-corrected chi connectivity index (χ2v) is 8.32. The molecule has 0 aliphatic carbocycles. The van der Waals surface area contributed by atoms with Crippen LogP contribution in [0.15, 0.2) is 0 Å². The van der Waals surface area contributed by atoms with E-state index in [2.05, 4.69) is 19.5 Å². The minimum atomic E-state index is -0.592. The van der Waals surface area contributed by atoms with E-state index in [4.69, 9.17) is 0 Å². The molecule has 0 aromatic heterocycles. The summed E-state index contributed by atoms with van der Waals surface area (Å²) in [5.41, 5.74) is 0. The summed E-state index contributed by atoms with van der Waals surface area (Å²) < 4.78 is 2.75. The van der Waals surface area contributed by atoms with Crippen LogP contribution in [0.4, 0.5) is 0 Å². The normalized spacial score (nSPS) is 13.0. The average molecular weight is 608 g/mol. The Hall–Kier alpha value is -0.500. The number of amides is 3. The molecule has 0 aliphatic rings. The Bertz CT molecular complexity index is 503. The van der Waals surface area contributed by atoms with Crippen molar-refractivity contribution in [2.45, 2.75) is 65.0 Å². The molecule has 0 aromatic carbocycles. The van der Waals surface area contributed by atoms with E-state index >= 15 is 0 Å². The topological polar surface area (TPSA) is 116 Å². The monoisotopic (exact) mass is 608 g/mol. The van der Waals surface area contributed by atoms with Gasteiger partial charge in [0.2, 0.25) is 21.5 Å². The second-order valence-electron chi connectivity index (χ2n) is 6.63. The molecule has 8 nitrogen and oxygen atoms in total. The minimum absolute atomic E-state index is 0.00248. The fourth-order valence-electron chi connectivity index (χ4n) is 2.28. The molecule has 0 radical (unpaired) electrons. The van der Waals surface area contributed by atoms with E-state index in [0.29, 0.717) is 38.1 Å². The number of carbonyl (C=O) groups is 4. The third-order valence-electron chi connectivity index (χ3n) is 3.75. The van der Waals surface area contributed by atoms with Gasteiger partial charge in [-0.3, -0.25) is 19.2 Å². The molecule has 3 amide bonds. The van der Waals surface area contributed by atoms with Crippen molar-refractivity contribution in [1.29, 1.82) is 0 Å². The van der Waals surface area contributed by atoms with Crippen LogP contribution in [0, 0.1) is 5.92 Å². The first-order valence-corrected chi connectivity index (χ1v) is 11.3. The Kier molecular flexibility index (Phi) is 15.1. The van der Waals surface area contributed by atoms with E-state index in [0.717, 1.165) is 6.42 Å². The number of hydrogen-bond donors (Lipinski definition) is 4. The summed E-state index contributed by atoms with van der Waals surface area (Å²) in [6.07, 6.45) is 3.04. The van der Waals surface area contributed by atoms with Crippen LogP contribution in [-0.2, 0) is 19.2 Å². The first-order chi connectivity index (χ1) is 12.7. The van der Waals surface area contributed by atoms with Crippen molar-refractivity contribution >= 4 is 67.0 Å². The summed E-state index contributed by atoms with van der Waals surface area (Å²) in [4.78, 5) is 47.0. The fourth-order valence-corrected chi connectivity index (χ4v) is 3.28. The Morgan fingerprint density at radius 3 is 2.15 bits per heavy atom. The Morgan fingerprint density at radius 1 is 0.963 bits per heavy atom. The van der Waals surface area contributed by atoms with Crippen LogP contribution in [0.25, 0.3) is 0 Å². The molecular formula is C17H30I2N4O4. The van der Waals surface area contributed by atoms with Crippen LogP contribution in [-0.4, -0.2) is 46.7 Å². The van der Waals surface area contributed by atoms with Gasteiger partial charge in [0.25, 0.3) is 0 Å². The summed E-state index contributed by atoms with van der Waals surface area (Å²) in [5, 5.41) is 8.03. The van der Waals surface area contributed by atoms with E-state index in [1.165, 1.54) is 0 Å². The van der Waals surface area contributed by atoms with Crippen molar-refractivity contribution in [3.05, 3.63) is 0 Å². The first kappa shape index (κ1) is 26.5. The van der Waals surface area contributed by atoms with Crippen LogP contribution in [0.5, 0.6) is 0 Å². The van der Waals surface area contributed by atoms with E-state index in [1.807, 2.05) is 36.7 Å². The van der Waals surface area contributed by atoms with E-state index in [1.54, 1.807) is 29.5 Å².